The highest BCUT2D eigenvalue weighted by Gasteiger charge is 2.38. The smallest absolute Gasteiger partial charge is 0.475 e. The van der Waals surface area contributed by atoms with Crippen molar-refractivity contribution < 1.29 is 31.5 Å². The summed E-state index contributed by atoms with van der Waals surface area (Å²) in [6.07, 6.45) is -3.59. The summed E-state index contributed by atoms with van der Waals surface area (Å²) in [6.45, 7) is 0. The number of nitrogens with two attached hydrogens (primary N) is 2. The molecule has 0 radical (unpaired) electrons. The van der Waals surface area contributed by atoms with Crippen LogP contribution in [0, 0.1) is 0 Å². The van der Waals surface area contributed by atoms with Crippen LogP contribution in [0.2, 0.25) is 5.02 Å². The quantitative estimate of drug-likeness (QED) is 0.428. The lowest BCUT2D eigenvalue weighted by molar-refractivity contribution is -0.192. The zero-order valence-corrected chi connectivity index (χ0v) is 15.4. The van der Waals surface area contributed by atoms with Gasteiger partial charge in [0.15, 0.2) is 0 Å². The summed E-state index contributed by atoms with van der Waals surface area (Å²) in [5.74, 6) is -2.76. The van der Waals surface area contributed by atoms with Crippen molar-refractivity contribution in [1.82, 2.24) is 9.97 Å². The molecular weight excluding hydrogens is 425 g/mol. The van der Waals surface area contributed by atoms with Gasteiger partial charge in [-0.1, -0.05) is 11.6 Å². The van der Waals surface area contributed by atoms with Crippen molar-refractivity contribution >= 4 is 44.3 Å². The van der Waals surface area contributed by atoms with Crippen molar-refractivity contribution in [1.29, 1.82) is 0 Å². The monoisotopic (exact) mass is 438 g/mol. The predicted molar refractivity (Wildman–Crippen MR) is 97.0 cm³/mol. The van der Waals surface area contributed by atoms with Crippen LogP contribution in [0.3, 0.4) is 0 Å². The number of nitrogens with zero attached hydrogens (tertiary/aromatic N) is 1. The second kappa shape index (κ2) is 9.39. The van der Waals surface area contributed by atoms with Crippen LogP contribution in [0.1, 0.15) is 0 Å². The number of nitrogens with one attached hydrogen (secondary N) is 1. The first-order valence-electron chi connectivity index (χ1n) is 7.08. The molecule has 0 aliphatic heterocycles. The van der Waals surface area contributed by atoms with E-state index in [1.165, 1.54) is 18.5 Å². The highest BCUT2D eigenvalue weighted by molar-refractivity contribution is 7.89. The number of anilines is 1. The van der Waals surface area contributed by atoms with Gasteiger partial charge in [0.05, 0.1) is 22.3 Å². The second-order valence-corrected chi connectivity index (χ2v) is 6.98. The summed E-state index contributed by atoms with van der Waals surface area (Å²) in [6, 6.07) is 11.5. The van der Waals surface area contributed by atoms with E-state index >= 15 is 0 Å². The number of sulfonamides is 1. The average molecular weight is 439 g/mol. The number of hydrogen-bond donors (Lipinski definition) is 4. The Morgan fingerprint density at radius 1 is 1.14 bits per heavy atom. The minimum absolute atomic E-state index is 0.0873. The number of imidazole rings is 1. The van der Waals surface area contributed by atoms with Gasteiger partial charge in [0.2, 0.25) is 10.0 Å². The zero-order chi connectivity index (χ0) is 21.5. The summed E-state index contributed by atoms with van der Waals surface area (Å²) in [5, 5.41) is 12.8. The Balaban J connectivity index is 0.000000227. The summed E-state index contributed by atoms with van der Waals surface area (Å²) in [7, 11) is -3.62. The molecule has 8 nitrogen and oxygen atoms in total. The van der Waals surface area contributed by atoms with E-state index in [1.54, 1.807) is 30.3 Å². The Labute approximate surface area is 162 Å². The van der Waals surface area contributed by atoms with Crippen LogP contribution in [-0.2, 0) is 14.8 Å². The van der Waals surface area contributed by atoms with Crippen LogP contribution in [0.4, 0.5) is 18.9 Å². The number of alkyl halides is 3. The minimum atomic E-state index is -5.08. The van der Waals surface area contributed by atoms with E-state index in [-0.39, 0.29) is 4.90 Å². The van der Waals surface area contributed by atoms with Crippen LogP contribution in [-0.4, -0.2) is 35.6 Å². The number of carbonyl (C=O) groups is 1. The second-order valence-electron chi connectivity index (χ2n) is 4.98. The Morgan fingerprint density at radius 2 is 1.68 bits per heavy atom. The number of rotatable bonds is 1. The molecular formula is C15H14ClF3N4O4S. The first-order valence-corrected chi connectivity index (χ1v) is 9.00. The van der Waals surface area contributed by atoms with Gasteiger partial charge in [-0.15, -0.1) is 0 Å². The van der Waals surface area contributed by atoms with Crippen molar-refractivity contribution in [2.24, 2.45) is 5.14 Å². The lowest BCUT2D eigenvalue weighted by Crippen LogP contribution is -2.21. The van der Waals surface area contributed by atoms with Crippen molar-refractivity contribution in [3.8, 4) is 0 Å². The van der Waals surface area contributed by atoms with E-state index in [1.807, 2.05) is 0 Å². The molecule has 0 spiro atoms. The van der Waals surface area contributed by atoms with E-state index in [9.17, 15) is 21.6 Å². The van der Waals surface area contributed by atoms with Crippen molar-refractivity contribution in [2.45, 2.75) is 11.1 Å². The van der Waals surface area contributed by atoms with Gasteiger partial charge in [0.1, 0.15) is 0 Å². The molecule has 28 heavy (non-hydrogen) atoms. The number of benzene rings is 2. The topological polar surface area (TPSA) is 152 Å². The molecule has 1 aromatic heterocycles. The molecule has 2 aromatic carbocycles. The number of carboxylic acid groups (broad SMARTS) is 1. The number of aromatic nitrogens is 2. The summed E-state index contributed by atoms with van der Waals surface area (Å²) in [4.78, 5) is 15.7. The number of primary sulfonamides is 1. The molecule has 0 saturated heterocycles. The number of aliphatic carboxylic acids is 1. The van der Waals surface area contributed by atoms with Crippen LogP contribution < -0.4 is 10.9 Å². The summed E-state index contributed by atoms with van der Waals surface area (Å²) >= 11 is 5.56. The SMILES string of the molecule is NS(=O)(=O)c1ccc2nc[nH]c2c1.Nc1ccc(Cl)cc1.O=C(O)C(F)(F)F. The molecule has 0 bridgehead atoms. The Bertz CT molecular complexity index is 1020. The molecule has 0 atom stereocenters. The van der Waals surface area contributed by atoms with E-state index in [2.05, 4.69) is 9.97 Å². The Morgan fingerprint density at radius 3 is 2.11 bits per heavy atom. The number of nitrogen functional groups attached to an aromatic ring is 1. The lowest BCUT2D eigenvalue weighted by atomic mass is 10.3. The third-order valence-electron chi connectivity index (χ3n) is 2.83. The van der Waals surface area contributed by atoms with Gasteiger partial charge in [-0.25, -0.2) is 23.3 Å². The molecule has 0 amide bonds. The van der Waals surface area contributed by atoms with E-state index in [0.29, 0.717) is 11.0 Å². The fourth-order valence-corrected chi connectivity index (χ4v) is 2.22. The van der Waals surface area contributed by atoms with Gasteiger partial charge in [-0.05, 0) is 42.5 Å². The minimum Gasteiger partial charge on any atom is -0.475 e. The molecule has 13 heteroatoms. The lowest BCUT2D eigenvalue weighted by Gasteiger charge is -1.96. The van der Waals surface area contributed by atoms with Crippen molar-refractivity contribution in [3.05, 3.63) is 53.8 Å². The van der Waals surface area contributed by atoms with Crippen LogP contribution in [0.5, 0.6) is 0 Å². The van der Waals surface area contributed by atoms with Gasteiger partial charge < -0.3 is 15.8 Å². The van der Waals surface area contributed by atoms with Gasteiger partial charge in [-0.2, -0.15) is 13.2 Å². The maximum Gasteiger partial charge on any atom is 0.490 e. The molecule has 6 N–H and O–H groups in total. The number of fused-ring (bicyclic) bond motifs is 1. The van der Waals surface area contributed by atoms with Crippen LogP contribution in [0.25, 0.3) is 11.0 Å². The standard InChI is InChI=1S/C7H7N3O2S.C6H6ClN.C2HF3O2/c8-13(11,12)5-1-2-6-7(3-5)10-4-9-6;7-5-1-3-6(8)4-2-5;3-2(4,5)1(6)7/h1-4H,(H,9,10)(H2,8,11,12);1-4H,8H2;(H,6,7). The van der Waals surface area contributed by atoms with Gasteiger partial charge in [0.25, 0.3) is 0 Å². The molecule has 0 saturated carbocycles. The number of H-pyrrole nitrogens is 1. The first-order chi connectivity index (χ1) is 12.8. The van der Waals surface area contributed by atoms with Crippen LogP contribution >= 0.6 is 11.6 Å². The van der Waals surface area contributed by atoms with E-state index in [0.717, 1.165) is 10.7 Å². The number of aromatic amines is 1. The van der Waals surface area contributed by atoms with Gasteiger partial charge >= 0.3 is 12.1 Å². The zero-order valence-electron chi connectivity index (χ0n) is 13.8. The maximum absolute atomic E-state index is 10.9. The van der Waals surface area contributed by atoms with Gasteiger partial charge in [0, 0.05) is 10.7 Å². The first kappa shape index (κ1) is 23.2. The normalized spacial score (nSPS) is 11.0. The maximum atomic E-state index is 10.9. The molecule has 0 fully saturated rings. The number of halogens is 4. The largest absolute Gasteiger partial charge is 0.490 e. The average Bonchev–Trinajstić information content (AvgIpc) is 3.05. The Kier molecular flexibility index (Phi) is 7.78. The fraction of sp³-hybridized carbons (Fsp3) is 0.0667. The van der Waals surface area contributed by atoms with Crippen LogP contribution in [0.15, 0.2) is 53.7 Å². The molecule has 3 aromatic rings. The van der Waals surface area contributed by atoms with E-state index < -0.39 is 22.2 Å². The fourth-order valence-electron chi connectivity index (χ4n) is 1.55. The summed E-state index contributed by atoms with van der Waals surface area (Å²) in [5.41, 5.74) is 7.49. The van der Waals surface area contributed by atoms with Crippen molar-refractivity contribution in [3.63, 3.8) is 0 Å². The molecule has 0 unspecified atom stereocenters. The number of hydrogen-bond acceptors (Lipinski definition) is 5. The molecule has 152 valence electrons. The molecule has 0 aliphatic rings. The Hall–Kier alpha value is -2.83. The van der Waals surface area contributed by atoms with Crippen molar-refractivity contribution in [2.75, 3.05) is 5.73 Å². The molecule has 3 rings (SSSR count). The van der Waals surface area contributed by atoms with E-state index in [4.69, 9.17) is 32.4 Å². The number of carboxylic acids is 1. The highest BCUT2D eigenvalue weighted by atomic mass is 35.5. The summed E-state index contributed by atoms with van der Waals surface area (Å²) < 4.78 is 53.6. The third-order valence-corrected chi connectivity index (χ3v) is 4.00. The van der Waals surface area contributed by atoms with Gasteiger partial charge in [-0.3, -0.25) is 0 Å². The molecule has 1 heterocycles. The molecule has 0 aliphatic carbocycles. The predicted octanol–water partition coefficient (Wildman–Crippen LogP) is 2.77. The third kappa shape index (κ3) is 7.82. The highest BCUT2D eigenvalue weighted by Crippen LogP contribution is 2.14.